The molecule has 6 nitrogen and oxygen atoms in total. The first-order valence-corrected chi connectivity index (χ1v) is 10.9. The lowest BCUT2D eigenvalue weighted by Gasteiger charge is -2.34. The Morgan fingerprint density at radius 2 is 1.53 bits per heavy atom. The molecular formula is C23H21Cl2FN4O2. The van der Waals surface area contributed by atoms with Gasteiger partial charge in [-0.05, 0) is 42.8 Å². The van der Waals surface area contributed by atoms with Crippen molar-refractivity contribution in [3.63, 3.8) is 0 Å². The summed E-state index contributed by atoms with van der Waals surface area (Å²) in [6.45, 7) is 3.61. The van der Waals surface area contributed by atoms with Crippen LogP contribution in [0.4, 0.5) is 4.39 Å². The molecule has 0 spiro atoms. The molecule has 0 bridgehead atoms. The fourth-order valence-corrected chi connectivity index (χ4v) is 4.25. The van der Waals surface area contributed by atoms with Crippen LogP contribution in [-0.4, -0.2) is 57.6 Å². The predicted molar refractivity (Wildman–Crippen MR) is 121 cm³/mol. The number of aromatic nitrogens is 2. The molecule has 2 amide bonds. The van der Waals surface area contributed by atoms with Gasteiger partial charge in [0.05, 0.1) is 17.8 Å². The lowest BCUT2D eigenvalue weighted by molar-refractivity contribution is 0.0535. The Morgan fingerprint density at radius 3 is 2.16 bits per heavy atom. The smallest absolute Gasteiger partial charge is 0.259 e. The summed E-state index contributed by atoms with van der Waals surface area (Å²) in [6, 6.07) is 12.9. The summed E-state index contributed by atoms with van der Waals surface area (Å²) in [5.41, 5.74) is 2.17. The molecule has 1 aromatic heterocycles. The Bertz CT molecular complexity index is 1160. The number of rotatable bonds is 4. The van der Waals surface area contributed by atoms with E-state index in [4.69, 9.17) is 23.2 Å². The molecule has 32 heavy (non-hydrogen) atoms. The van der Waals surface area contributed by atoms with E-state index in [0.29, 0.717) is 54.6 Å². The van der Waals surface area contributed by atoms with Gasteiger partial charge >= 0.3 is 0 Å². The number of hydrogen-bond acceptors (Lipinski definition) is 3. The Kier molecular flexibility index (Phi) is 6.48. The van der Waals surface area contributed by atoms with Crippen molar-refractivity contribution in [1.29, 1.82) is 0 Å². The minimum atomic E-state index is -0.390. The lowest BCUT2D eigenvalue weighted by atomic mass is 10.1. The van der Waals surface area contributed by atoms with Gasteiger partial charge in [-0.2, -0.15) is 5.10 Å². The summed E-state index contributed by atoms with van der Waals surface area (Å²) in [6.07, 6.45) is 0. The van der Waals surface area contributed by atoms with Gasteiger partial charge in [0, 0.05) is 36.8 Å². The van der Waals surface area contributed by atoms with E-state index in [1.807, 2.05) is 18.2 Å². The van der Waals surface area contributed by atoms with E-state index in [0.717, 1.165) is 5.56 Å². The highest BCUT2D eigenvalue weighted by molar-refractivity contribution is 6.33. The maximum Gasteiger partial charge on any atom is 0.259 e. The Balaban J connectivity index is 1.44. The maximum atomic E-state index is 13.2. The van der Waals surface area contributed by atoms with Crippen LogP contribution in [0.3, 0.4) is 0 Å². The van der Waals surface area contributed by atoms with Crippen LogP contribution in [0.1, 0.15) is 32.0 Å². The molecule has 2 heterocycles. The van der Waals surface area contributed by atoms with Gasteiger partial charge in [-0.3, -0.25) is 9.59 Å². The standard InChI is InChI=1S/C23H21Cl2FN4O2/c1-15-20(21(25)30(27-15)14-17-4-2-3-5-19(17)24)23(32)29-12-10-28(11-13-29)22(31)16-6-8-18(26)9-7-16/h2-9H,10-14H2,1H3. The zero-order valence-electron chi connectivity index (χ0n) is 17.4. The fourth-order valence-electron chi connectivity index (χ4n) is 3.73. The number of halogens is 3. The largest absolute Gasteiger partial charge is 0.335 e. The van der Waals surface area contributed by atoms with Crippen LogP contribution >= 0.6 is 23.2 Å². The molecule has 0 N–H and O–H groups in total. The van der Waals surface area contributed by atoms with E-state index in [-0.39, 0.29) is 22.8 Å². The van der Waals surface area contributed by atoms with Crippen molar-refractivity contribution in [2.24, 2.45) is 0 Å². The van der Waals surface area contributed by atoms with Gasteiger partial charge in [-0.25, -0.2) is 9.07 Å². The van der Waals surface area contributed by atoms with Crippen molar-refractivity contribution in [2.45, 2.75) is 13.5 Å². The van der Waals surface area contributed by atoms with Crippen molar-refractivity contribution in [3.05, 3.63) is 86.9 Å². The summed E-state index contributed by atoms with van der Waals surface area (Å²) in [5, 5.41) is 5.30. The average molecular weight is 475 g/mol. The van der Waals surface area contributed by atoms with Crippen LogP contribution in [-0.2, 0) is 6.54 Å². The third kappa shape index (κ3) is 4.49. The number of carbonyl (C=O) groups excluding carboxylic acids is 2. The van der Waals surface area contributed by atoms with Crippen molar-refractivity contribution in [2.75, 3.05) is 26.2 Å². The lowest BCUT2D eigenvalue weighted by Crippen LogP contribution is -2.50. The molecule has 0 atom stereocenters. The molecule has 0 unspecified atom stereocenters. The molecule has 166 valence electrons. The van der Waals surface area contributed by atoms with Crippen LogP contribution in [0.15, 0.2) is 48.5 Å². The Hall–Kier alpha value is -2.90. The van der Waals surface area contributed by atoms with Gasteiger partial charge in [0.15, 0.2) is 0 Å². The fraction of sp³-hybridized carbons (Fsp3) is 0.261. The summed E-state index contributed by atoms with van der Waals surface area (Å²) in [7, 11) is 0. The molecule has 3 aromatic rings. The predicted octanol–water partition coefficient (Wildman–Crippen LogP) is 4.28. The van der Waals surface area contributed by atoms with Gasteiger partial charge in [-0.1, -0.05) is 41.4 Å². The number of piperazine rings is 1. The second-order valence-electron chi connectivity index (χ2n) is 7.59. The molecule has 1 aliphatic heterocycles. The zero-order chi connectivity index (χ0) is 22.8. The molecule has 1 saturated heterocycles. The van der Waals surface area contributed by atoms with Crippen LogP contribution in [0, 0.1) is 12.7 Å². The van der Waals surface area contributed by atoms with Crippen LogP contribution < -0.4 is 0 Å². The van der Waals surface area contributed by atoms with Gasteiger partial charge in [0.2, 0.25) is 0 Å². The molecule has 0 radical (unpaired) electrons. The minimum Gasteiger partial charge on any atom is -0.335 e. The van der Waals surface area contributed by atoms with Crippen molar-refractivity contribution >= 4 is 35.0 Å². The molecule has 4 rings (SSSR count). The van der Waals surface area contributed by atoms with Crippen molar-refractivity contribution < 1.29 is 14.0 Å². The second kappa shape index (κ2) is 9.30. The molecule has 1 fully saturated rings. The summed E-state index contributed by atoms with van der Waals surface area (Å²) < 4.78 is 14.7. The van der Waals surface area contributed by atoms with E-state index < -0.39 is 0 Å². The first kappa shape index (κ1) is 22.3. The van der Waals surface area contributed by atoms with Crippen molar-refractivity contribution in [1.82, 2.24) is 19.6 Å². The van der Waals surface area contributed by atoms with Crippen molar-refractivity contribution in [3.8, 4) is 0 Å². The Labute approximate surface area is 195 Å². The highest BCUT2D eigenvalue weighted by Crippen LogP contribution is 2.25. The molecule has 0 saturated carbocycles. The van der Waals surface area contributed by atoms with Gasteiger partial charge in [0.1, 0.15) is 11.0 Å². The first-order chi connectivity index (χ1) is 15.3. The number of aryl methyl sites for hydroxylation is 1. The number of amides is 2. The van der Waals surface area contributed by atoms with Crippen LogP contribution in [0.2, 0.25) is 10.2 Å². The molecule has 9 heteroatoms. The number of hydrogen-bond donors (Lipinski definition) is 0. The number of carbonyl (C=O) groups is 2. The monoisotopic (exact) mass is 474 g/mol. The van der Waals surface area contributed by atoms with E-state index in [2.05, 4.69) is 5.10 Å². The van der Waals surface area contributed by atoms with E-state index in [9.17, 15) is 14.0 Å². The van der Waals surface area contributed by atoms with Crippen LogP contribution in [0.5, 0.6) is 0 Å². The second-order valence-corrected chi connectivity index (χ2v) is 8.36. The van der Waals surface area contributed by atoms with E-state index >= 15 is 0 Å². The molecular weight excluding hydrogens is 454 g/mol. The zero-order valence-corrected chi connectivity index (χ0v) is 18.9. The SMILES string of the molecule is Cc1nn(Cc2ccccc2Cl)c(Cl)c1C(=O)N1CCN(C(=O)c2ccc(F)cc2)CC1. The summed E-state index contributed by atoms with van der Waals surface area (Å²) >= 11 is 12.8. The Morgan fingerprint density at radius 1 is 0.938 bits per heavy atom. The quantitative estimate of drug-likeness (QED) is 0.566. The van der Waals surface area contributed by atoms with Crippen LogP contribution in [0.25, 0.3) is 0 Å². The third-order valence-corrected chi connectivity index (χ3v) is 6.26. The normalized spacial score (nSPS) is 14.0. The highest BCUT2D eigenvalue weighted by Gasteiger charge is 2.29. The number of benzene rings is 2. The molecule has 1 aliphatic rings. The minimum absolute atomic E-state index is 0.182. The van der Waals surface area contributed by atoms with Gasteiger partial charge in [-0.15, -0.1) is 0 Å². The number of nitrogens with zero attached hydrogens (tertiary/aromatic N) is 4. The first-order valence-electron chi connectivity index (χ1n) is 10.2. The maximum absolute atomic E-state index is 13.2. The summed E-state index contributed by atoms with van der Waals surface area (Å²) in [5.74, 6) is -0.787. The average Bonchev–Trinajstić information content (AvgIpc) is 3.07. The van der Waals surface area contributed by atoms with Gasteiger partial charge in [0.25, 0.3) is 11.8 Å². The molecule has 0 aliphatic carbocycles. The topological polar surface area (TPSA) is 58.4 Å². The highest BCUT2D eigenvalue weighted by atomic mass is 35.5. The van der Waals surface area contributed by atoms with E-state index in [1.165, 1.54) is 24.3 Å². The van der Waals surface area contributed by atoms with Gasteiger partial charge < -0.3 is 9.80 Å². The van der Waals surface area contributed by atoms with E-state index in [1.54, 1.807) is 27.5 Å². The third-order valence-electron chi connectivity index (χ3n) is 5.50. The molecule has 2 aromatic carbocycles. The summed E-state index contributed by atoms with van der Waals surface area (Å²) in [4.78, 5) is 29.1.